The van der Waals surface area contributed by atoms with Crippen LogP contribution >= 0.6 is 34.4 Å². The average Bonchev–Trinajstić information content (AvgIpc) is 3.14. The Labute approximate surface area is 236 Å². The molecule has 0 bridgehead atoms. The highest BCUT2D eigenvalue weighted by atomic mass is 127. The third-order valence-corrected chi connectivity index (χ3v) is 8.49. The minimum Gasteiger partial charge on any atom is -0.493 e. The molecular weight excluding hydrogens is 647 g/mol. The summed E-state index contributed by atoms with van der Waals surface area (Å²) < 4.78 is 36.6. The molecule has 0 N–H and O–H groups in total. The van der Waals surface area contributed by atoms with Gasteiger partial charge < -0.3 is 8.92 Å². The lowest BCUT2D eigenvalue weighted by Crippen LogP contribution is -2.27. The number of carbonyl (C=O) groups excluding carboxylic acids is 2. The molecule has 13 heteroatoms. The SMILES string of the molecule is COc1cc(/C=C2\SC(=O)N(Cc3ccccc3C)C2=O)cc(I)c1OS(=O)(=O)c1ccc([N+](=O)[O-])cc1. The van der Waals surface area contributed by atoms with E-state index in [0.29, 0.717) is 9.13 Å². The highest BCUT2D eigenvalue weighted by molar-refractivity contribution is 14.1. The first kappa shape index (κ1) is 27.6. The number of benzene rings is 3. The monoisotopic (exact) mass is 666 g/mol. The number of nitrogens with zero attached hydrogens (tertiary/aromatic N) is 2. The normalized spacial score (nSPS) is 14.7. The molecule has 0 spiro atoms. The van der Waals surface area contributed by atoms with E-state index in [9.17, 15) is 28.1 Å². The molecule has 10 nitrogen and oxygen atoms in total. The predicted molar refractivity (Wildman–Crippen MR) is 149 cm³/mol. The Hall–Kier alpha value is -3.43. The number of nitro groups is 1. The van der Waals surface area contributed by atoms with Crippen molar-refractivity contribution in [3.05, 3.63) is 95.9 Å². The van der Waals surface area contributed by atoms with E-state index in [4.69, 9.17) is 8.92 Å². The molecule has 0 radical (unpaired) electrons. The fraction of sp³-hybridized carbons (Fsp3) is 0.120. The molecule has 0 unspecified atom stereocenters. The molecule has 2 amide bonds. The van der Waals surface area contributed by atoms with Gasteiger partial charge in [-0.2, -0.15) is 8.42 Å². The number of rotatable bonds is 8. The van der Waals surface area contributed by atoms with Crippen LogP contribution < -0.4 is 8.92 Å². The van der Waals surface area contributed by atoms with E-state index in [2.05, 4.69) is 0 Å². The van der Waals surface area contributed by atoms with Gasteiger partial charge in [-0.05, 0) is 88.3 Å². The van der Waals surface area contributed by atoms with E-state index in [1.165, 1.54) is 24.2 Å². The smallest absolute Gasteiger partial charge is 0.339 e. The van der Waals surface area contributed by atoms with Crippen LogP contribution in [0.4, 0.5) is 10.5 Å². The molecule has 38 heavy (non-hydrogen) atoms. The summed E-state index contributed by atoms with van der Waals surface area (Å²) in [5.74, 6) is -0.442. The number of aryl methyl sites for hydroxylation is 1. The minimum atomic E-state index is -4.34. The van der Waals surface area contributed by atoms with Crippen LogP contribution in [0.5, 0.6) is 11.5 Å². The number of amides is 2. The number of methoxy groups -OCH3 is 1. The average molecular weight is 666 g/mol. The Balaban J connectivity index is 1.59. The van der Waals surface area contributed by atoms with Crippen molar-refractivity contribution < 1.29 is 31.9 Å². The predicted octanol–water partition coefficient (Wildman–Crippen LogP) is 5.52. The number of halogens is 1. The summed E-state index contributed by atoms with van der Waals surface area (Å²) in [6.45, 7) is 2.06. The van der Waals surface area contributed by atoms with Crippen molar-refractivity contribution in [2.45, 2.75) is 18.4 Å². The summed E-state index contributed by atoms with van der Waals surface area (Å²) in [5.41, 5.74) is 2.06. The van der Waals surface area contributed by atoms with Crippen molar-refractivity contribution in [3.63, 3.8) is 0 Å². The Morgan fingerprint density at radius 1 is 1.11 bits per heavy atom. The van der Waals surface area contributed by atoms with Crippen LogP contribution in [0.3, 0.4) is 0 Å². The number of nitro benzene ring substituents is 1. The van der Waals surface area contributed by atoms with Crippen molar-refractivity contribution in [1.82, 2.24) is 4.90 Å². The lowest BCUT2D eigenvalue weighted by molar-refractivity contribution is -0.384. The number of hydrogen-bond acceptors (Lipinski definition) is 9. The molecule has 3 aromatic rings. The summed E-state index contributed by atoms with van der Waals surface area (Å²) in [6.07, 6.45) is 1.53. The molecule has 0 aromatic heterocycles. The standard InChI is InChI=1S/C25H19IN2O8S2/c1-15-5-3-4-6-17(15)14-27-24(29)22(37-25(27)30)13-16-11-20(26)23(21(12-16)35-2)36-38(33,34)19-9-7-18(8-10-19)28(31)32/h3-13H,14H2,1-2H3/b22-13-. The van der Waals surface area contributed by atoms with Crippen LogP contribution in [-0.2, 0) is 21.5 Å². The van der Waals surface area contributed by atoms with Gasteiger partial charge in [-0.15, -0.1) is 0 Å². The number of non-ortho nitro benzene ring substituents is 1. The highest BCUT2D eigenvalue weighted by Crippen LogP contribution is 2.39. The lowest BCUT2D eigenvalue weighted by atomic mass is 10.1. The van der Waals surface area contributed by atoms with E-state index in [1.54, 1.807) is 6.07 Å². The van der Waals surface area contributed by atoms with Gasteiger partial charge in [-0.25, -0.2) is 0 Å². The van der Waals surface area contributed by atoms with Crippen LogP contribution in [0.25, 0.3) is 6.08 Å². The van der Waals surface area contributed by atoms with Crippen molar-refractivity contribution in [2.75, 3.05) is 7.11 Å². The van der Waals surface area contributed by atoms with Gasteiger partial charge in [0.2, 0.25) is 0 Å². The lowest BCUT2D eigenvalue weighted by Gasteiger charge is -2.14. The number of imide groups is 1. The molecule has 0 saturated carbocycles. The van der Waals surface area contributed by atoms with Crippen molar-refractivity contribution >= 4 is 67.4 Å². The summed E-state index contributed by atoms with van der Waals surface area (Å²) >= 11 is 2.69. The zero-order chi connectivity index (χ0) is 27.6. The maximum absolute atomic E-state index is 13.0. The number of carbonyl (C=O) groups is 2. The van der Waals surface area contributed by atoms with Gasteiger partial charge in [0.05, 0.1) is 27.1 Å². The van der Waals surface area contributed by atoms with Crippen molar-refractivity contribution in [3.8, 4) is 11.5 Å². The van der Waals surface area contributed by atoms with Crippen LogP contribution in [-0.4, -0.2) is 36.5 Å². The Bertz CT molecular complexity index is 1590. The van der Waals surface area contributed by atoms with Gasteiger partial charge in [0.15, 0.2) is 11.5 Å². The van der Waals surface area contributed by atoms with Gasteiger partial charge in [-0.3, -0.25) is 24.6 Å². The van der Waals surface area contributed by atoms with Crippen LogP contribution in [0, 0.1) is 20.6 Å². The number of ether oxygens (including phenoxy) is 1. The number of hydrogen-bond donors (Lipinski definition) is 0. The van der Waals surface area contributed by atoms with Crippen LogP contribution in [0.15, 0.2) is 70.5 Å². The summed E-state index contributed by atoms with van der Waals surface area (Å²) in [7, 11) is -3.01. The summed E-state index contributed by atoms with van der Waals surface area (Å²) in [5, 5.41) is 10.5. The van der Waals surface area contributed by atoms with E-state index < -0.39 is 20.9 Å². The minimum absolute atomic E-state index is 0.0766. The first-order valence-electron chi connectivity index (χ1n) is 10.9. The molecule has 0 atom stereocenters. The second-order valence-corrected chi connectivity index (χ2v) is 11.7. The molecule has 1 aliphatic rings. The molecular formula is C25H19IN2O8S2. The van der Waals surface area contributed by atoms with Gasteiger partial charge in [0, 0.05) is 12.1 Å². The topological polar surface area (TPSA) is 133 Å². The zero-order valence-electron chi connectivity index (χ0n) is 19.9. The molecule has 1 fully saturated rings. The van der Waals surface area contributed by atoms with Gasteiger partial charge in [0.1, 0.15) is 4.90 Å². The highest BCUT2D eigenvalue weighted by Gasteiger charge is 2.35. The second-order valence-electron chi connectivity index (χ2n) is 8.02. The molecule has 3 aromatic carbocycles. The molecule has 1 aliphatic heterocycles. The van der Waals surface area contributed by atoms with E-state index in [1.807, 2.05) is 53.8 Å². The fourth-order valence-corrected chi connectivity index (χ4v) is 6.22. The molecule has 1 saturated heterocycles. The first-order chi connectivity index (χ1) is 18.0. The van der Waals surface area contributed by atoms with E-state index in [0.717, 1.165) is 47.2 Å². The zero-order valence-corrected chi connectivity index (χ0v) is 23.7. The van der Waals surface area contributed by atoms with Crippen LogP contribution in [0.2, 0.25) is 0 Å². The van der Waals surface area contributed by atoms with Gasteiger partial charge in [-0.1, -0.05) is 24.3 Å². The summed E-state index contributed by atoms with van der Waals surface area (Å²) in [4.78, 5) is 36.9. The quantitative estimate of drug-likeness (QED) is 0.100. The Kier molecular flexibility index (Phi) is 8.08. The molecule has 196 valence electrons. The summed E-state index contributed by atoms with van der Waals surface area (Å²) in [6, 6.07) is 14.8. The molecule has 0 aliphatic carbocycles. The van der Waals surface area contributed by atoms with Gasteiger partial charge in [0.25, 0.3) is 16.8 Å². The molecule has 4 rings (SSSR count). The second kappa shape index (κ2) is 11.1. The molecule has 1 heterocycles. The van der Waals surface area contributed by atoms with Gasteiger partial charge >= 0.3 is 10.1 Å². The van der Waals surface area contributed by atoms with Crippen molar-refractivity contribution in [2.24, 2.45) is 0 Å². The van der Waals surface area contributed by atoms with E-state index >= 15 is 0 Å². The Morgan fingerprint density at radius 2 is 1.79 bits per heavy atom. The van der Waals surface area contributed by atoms with Crippen molar-refractivity contribution in [1.29, 1.82) is 0 Å². The first-order valence-corrected chi connectivity index (χ1v) is 14.2. The number of thioether (sulfide) groups is 1. The third kappa shape index (κ3) is 5.84. The maximum Gasteiger partial charge on any atom is 0.339 e. The Morgan fingerprint density at radius 3 is 2.42 bits per heavy atom. The maximum atomic E-state index is 13.0. The third-order valence-electron chi connectivity index (χ3n) is 5.54. The largest absolute Gasteiger partial charge is 0.493 e. The fourth-order valence-electron chi connectivity index (χ4n) is 3.54. The van der Waals surface area contributed by atoms with E-state index in [-0.39, 0.29) is 38.8 Å². The van der Waals surface area contributed by atoms with Crippen LogP contribution in [0.1, 0.15) is 16.7 Å².